The van der Waals surface area contributed by atoms with Crippen molar-refractivity contribution in [2.24, 2.45) is 0 Å². The molecule has 0 saturated heterocycles. The van der Waals surface area contributed by atoms with E-state index in [1.807, 2.05) is 0 Å². The molecule has 0 bridgehead atoms. The van der Waals surface area contributed by atoms with E-state index in [0.717, 1.165) is 0 Å². The Morgan fingerprint density at radius 1 is 0.615 bits per heavy atom. The Morgan fingerprint density at radius 2 is 0.846 bits per heavy atom. The highest BCUT2D eigenvalue weighted by molar-refractivity contribution is 6.55. The summed E-state index contributed by atoms with van der Waals surface area (Å²) in [6.07, 6.45) is 0. The number of rotatable bonds is 0. The lowest BCUT2D eigenvalue weighted by Gasteiger charge is -2.06. The van der Waals surface area contributed by atoms with Crippen molar-refractivity contribution in [3.63, 3.8) is 0 Å². The predicted molar refractivity (Wildman–Crippen MR) is 60.4 cm³/mol. The summed E-state index contributed by atoms with van der Waals surface area (Å²) in [6.45, 7) is 0. The lowest BCUT2D eigenvalue weighted by molar-refractivity contribution is 0.476. The lowest BCUT2D eigenvalue weighted by atomic mass is 10.3. The lowest BCUT2D eigenvalue weighted by Crippen LogP contribution is -1.78. The largest absolute Gasteiger partial charge is 0.505 e. The fourth-order valence-electron chi connectivity index (χ4n) is 0.593. The highest BCUT2D eigenvalue weighted by Crippen LogP contribution is 2.47. The molecule has 0 aliphatic rings. The molecule has 0 aromatic heterocycles. The van der Waals surface area contributed by atoms with Crippen molar-refractivity contribution in [2.45, 2.75) is 0 Å². The maximum Gasteiger partial charge on any atom is 0.155 e. The van der Waals surface area contributed by atoms with E-state index in [1.165, 1.54) is 0 Å². The molecule has 1 N–H and O–H groups in total. The molecule has 1 rings (SSSR count). The molecule has 13 heavy (non-hydrogen) atoms. The first-order valence-corrected chi connectivity index (χ1v) is 4.56. The molecule has 1 aromatic carbocycles. The molecule has 7 heteroatoms. The van der Waals surface area contributed by atoms with Crippen molar-refractivity contribution in [2.75, 3.05) is 0 Å². The molecule has 0 radical (unpaired) electrons. The van der Waals surface area contributed by atoms with Crippen LogP contribution in [0.3, 0.4) is 0 Å². The molecule has 1 nitrogen and oxygen atoms in total. The van der Waals surface area contributed by atoms with Crippen LogP contribution in [0.2, 0.25) is 25.1 Å². The van der Waals surface area contributed by atoms with Gasteiger partial charge >= 0.3 is 0 Å². The summed E-state index contributed by atoms with van der Waals surface area (Å²) in [5.74, 6) is -0.363. The molecule has 74 valence electrons. The van der Waals surface area contributed by atoms with Crippen molar-refractivity contribution in [3.05, 3.63) is 25.1 Å². The van der Waals surface area contributed by atoms with E-state index >= 15 is 0 Å². The zero-order valence-corrected chi connectivity index (χ0v) is 10.3. The molecule has 0 saturated carbocycles. The molecule has 0 amide bonds. The maximum absolute atomic E-state index is 9.20. The van der Waals surface area contributed by atoms with Gasteiger partial charge in [0.25, 0.3) is 0 Å². The first-order chi connectivity index (χ1) is 5.46. The van der Waals surface area contributed by atoms with Gasteiger partial charge in [0.1, 0.15) is 10.0 Å². The standard InChI is InChI=1S/C6HCl5O.ClH/c7-1-2(8)4(10)6(12)5(11)3(1)9;/h12H;1H. The Bertz CT molecular complexity index is 231. The Hall–Kier alpha value is 0.760. The van der Waals surface area contributed by atoms with Crippen LogP contribution in [-0.2, 0) is 0 Å². The van der Waals surface area contributed by atoms with Crippen molar-refractivity contribution < 1.29 is 5.11 Å². The van der Waals surface area contributed by atoms with E-state index in [9.17, 15) is 5.11 Å². The van der Waals surface area contributed by atoms with Gasteiger partial charge in [0.05, 0.1) is 15.1 Å². The first kappa shape index (κ1) is 13.8. The quantitative estimate of drug-likeness (QED) is 0.523. The highest BCUT2D eigenvalue weighted by Gasteiger charge is 2.17. The van der Waals surface area contributed by atoms with Crippen LogP contribution in [0.1, 0.15) is 0 Å². The Labute approximate surface area is 106 Å². The third kappa shape index (κ3) is 2.41. The van der Waals surface area contributed by atoms with Gasteiger partial charge in [-0.1, -0.05) is 58.0 Å². The van der Waals surface area contributed by atoms with Gasteiger partial charge in [-0.05, 0) is 0 Å². The van der Waals surface area contributed by atoms with Gasteiger partial charge in [-0.15, -0.1) is 12.4 Å². The van der Waals surface area contributed by atoms with Crippen LogP contribution in [-0.4, -0.2) is 5.11 Å². The number of halogens is 6. The van der Waals surface area contributed by atoms with Gasteiger partial charge in [0, 0.05) is 0 Å². The monoisotopic (exact) mass is 300 g/mol. The minimum absolute atomic E-state index is 0. The van der Waals surface area contributed by atoms with E-state index in [4.69, 9.17) is 58.0 Å². The number of aromatic hydroxyl groups is 1. The van der Waals surface area contributed by atoms with Crippen molar-refractivity contribution in [1.29, 1.82) is 0 Å². The predicted octanol–water partition coefficient (Wildman–Crippen LogP) is 5.08. The maximum atomic E-state index is 9.20. The molecule has 0 heterocycles. The van der Waals surface area contributed by atoms with Crippen molar-refractivity contribution in [1.82, 2.24) is 0 Å². The highest BCUT2D eigenvalue weighted by atomic mass is 35.5. The van der Waals surface area contributed by atoms with E-state index in [2.05, 4.69) is 0 Å². The molecule has 0 fully saturated rings. The van der Waals surface area contributed by atoms with E-state index in [-0.39, 0.29) is 43.3 Å². The molecule has 0 unspecified atom stereocenters. The van der Waals surface area contributed by atoms with Crippen molar-refractivity contribution in [3.8, 4) is 5.75 Å². The van der Waals surface area contributed by atoms with Crippen LogP contribution in [0, 0.1) is 0 Å². The summed E-state index contributed by atoms with van der Waals surface area (Å²) < 4.78 is 0. The van der Waals surface area contributed by atoms with E-state index in [0.29, 0.717) is 0 Å². The van der Waals surface area contributed by atoms with Gasteiger partial charge < -0.3 is 5.11 Å². The van der Waals surface area contributed by atoms with Crippen LogP contribution in [0.25, 0.3) is 0 Å². The van der Waals surface area contributed by atoms with Gasteiger partial charge in [0.2, 0.25) is 0 Å². The van der Waals surface area contributed by atoms with Crippen molar-refractivity contribution >= 4 is 70.4 Å². The summed E-state index contributed by atoms with van der Waals surface area (Å²) in [7, 11) is 0. The Balaban J connectivity index is 0.00000144. The summed E-state index contributed by atoms with van der Waals surface area (Å²) in [5.41, 5.74) is 0. The van der Waals surface area contributed by atoms with Crippen LogP contribution >= 0.6 is 70.4 Å². The minimum Gasteiger partial charge on any atom is -0.505 e. The number of hydrogen-bond acceptors (Lipinski definition) is 1. The fraction of sp³-hybridized carbons (Fsp3) is 0. The molecule has 1 aromatic rings. The summed E-state index contributed by atoms with van der Waals surface area (Å²) in [5, 5.41) is 9.01. The number of phenols is 1. The average Bonchev–Trinajstić information content (AvgIpc) is 2.08. The smallest absolute Gasteiger partial charge is 0.155 e. The van der Waals surface area contributed by atoms with Gasteiger partial charge in [-0.2, -0.15) is 0 Å². The average molecular weight is 303 g/mol. The summed E-state index contributed by atoms with van der Waals surface area (Å²) in [4.78, 5) is 0. The zero-order chi connectivity index (χ0) is 9.46. The number of phenolic OH excluding ortho intramolecular Hbond substituents is 1. The van der Waals surface area contributed by atoms with Gasteiger partial charge in [-0.3, -0.25) is 0 Å². The topological polar surface area (TPSA) is 20.2 Å². The van der Waals surface area contributed by atoms with E-state index in [1.54, 1.807) is 0 Å². The summed E-state index contributed by atoms with van der Waals surface area (Å²) >= 11 is 27.9. The molecule has 0 aliphatic heterocycles. The molecular formula is C6H2Cl6O. The number of benzene rings is 1. The second-order valence-corrected chi connectivity index (χ2v) is 3.81. The van der Waals surface area contributed by atoms with E-state index < -0.39 is 0 Å². The SMILES string of the molecule is Cl.Oc1c(Cl)c(Cl)c(Cl)c(Cl)c1Cl. The minimum atomic E-state index is -0.363. The first-order valence-electron chi connectivity index (χ1n) is 2.67. The Morgan fingerprint density at radius 3 is 1.15 bits per heavy atom. The third-order valence-electron chi connectivity index (χ3n) is 1.19. The van der Waals surface area contributed by atoms with Crippen LogP contribution < -0.4 is 0 Å². The third-order valence-corrected chi connectivity index (χ3v) is 3.44. The molecule has 0 aliphatic carbocycles. The Kier molecular flexibility index (Phi) is 5.31. The van der Waals surface area contributed by atoms with Gasteiger partial charge in [0.15, 0.2) is 5.75 Å². The van der Waals surface area contributed by atoms with Crippen LogP contribution in [0.4, 0.5) is 0 Å². The van der Waals surface area contributed by atoms with Gasteiger partial charge in [-0.25, -0.2) is 0 Å². The number of hydrogen-bond donors (Lipinski definition) is 1. The second-order valence-electron chi connectivity index (χ2n) is 1.92. The van der Waals surface area contributed by atoms with Crippen LogP contribution in [0.5, 0.6) is 5.75 Å². The molecule has 0 atom stereocenters. The normalized spacial score (nSPS) is 9.62. The summed E-state index contributed by atoms with van der Waals surface area (Å²) in [6, 6.07) is 0. The fourth-order valence-corrected chi connectivity index (χ4v) is 1.72. The second kappa shape index (κ2) is 5.01. The zero-order valence-electron chi connectivity index (χ0n) is 5.75. The molecular weight excluding hydrogens is 301 g/mol. The molecule has 0 spiro atoms. The van der Waals surface area contributed by atoms with Crippen LogP contribution in [0.15, 0.2) is 0 Å².